The highest BCUT2D eigenvalue weighted by molar-refractivity contribution is 6.35. The van der Waals surface area contributed by atoms with Crippen LogP contribution in [0.15, 0.2) is 24.3 Å². The lowest BCUT2D eigenvalue weighted by atomic mass is 10.1. The number of halogens is 2. The van der Waals surface area contributed by atoms with Crippen molar-refractivity contribution in [1.82, 2.24) is 9.97 Å². The molecule has 2 rings (SSSR count). The van der Waals surface area contributed by atoms with Gasteiger partial charge in [-0.2, -0.15) is 0 Å². The summed E-state index contributed by atoms with van der Waals surface area (Å²) in [6.07, 6.45) is 0. The standard InChI is InChI=1S/C14H15Cl2N3/c1-8(2)14-18-12(7-13(17-3)19-14)9-4-10(15)6-11(16)5-9/h4-8H,1-3H3,(H,17,18,19). The summed E-state index contributed by atoms with van der Waals surface area (Å²) in [5.74, 6) is 1.82. The topological polar surface area (TPSA) is 37.8 Å². The number of anilines is 1. The monoisotopic (exact) mass is 295 g/mol. The molecule has 3 nitrogen and oxygen atoms in total. The van der Waals surface area contributed by atoms with Crippen LogP contribution in [0, 0.1) is 0 Å². The first-order chi connectivity index (χ1) is 8.99. The molecule has 0 unspecified atom stereocenters. The van der Waals surface area contributed by atoms with Gasteiger partial charge in [0.2, 0.25) is 0 Å². The van der Waals surface area contributed by atoms with E-state index < -0.39 is 0 Å². The predicted octanol–water partition coefficient (Wildman–Crippen LogP) is 4.62. The Morgan fingerprint density at radius 1 is 1.00 bits per heavy atom. The summed E-state index contributed by atoms with van der Waals surface area (Å²) in [4.78, 5) is 9.00. The number of hydrogen-bond donors (Lipinski definition) is 1. The predicted molar refractivity (Wildman–Crippen MR) is 81.1 cm³/mol. The average molecular weight is 296 g/mol. The fraction of sp³-hybridized carbons (Fsp3) is 0.286. The van der Waals surface area contributed by atoms with Gasteiger partial charge in [0.1, 0.15) is 11.6 Å². The SMILES string of the molecule is CNc1cc(-c2cc(Cl)cc(Cl)c2)nc(C(C)C)n1. The van der Waals surface area contributed by atoms with Crippen molar-refractivity contribution in [3.8, 4) is 11.3 Å². The summed E-state index contributed by atoms with van der Waals surface area (Å²) in [6, 6.07) is 7.28. The minimum atomic E-state index is 0.252. The summed E-state index contributed by atoms with van der Waals surface area (Å²) in [5, 5.41) is 4.24. The van der Waals surface area contributed by atoms with Crippen molar-refractivity contribution in [3.05, 3.63) is 40.1 Å². The Kier molecular flexibility index (Phi) is 4.27. The summed E-state index contributed by atoms with van der Waals surface area (Å²) < 4.78 is 0. The molecule has 0 saturated carbocycles. The molecule has 1 N–H and O–H groups in total. The van der Waals surface area contributed by atoms with Gasteiger partial charge in [0.05, 0.1) is 5.69 Å². The first-order valence-corrected chi connectivity index (χ1v) is 6.78. The van der Waals surface area contributed by atoms with Gasteiger partial charge in [-0.25, -0.2) is 9.97 Å². The maximum absolute atomic E-state index is 6.03. The quantitative estimate of drug-likeness (QED) is 0.898. The Morgan fingerprint density at radius 3 is 2.16 bits per heavy atom. The van der Waals surface area contributed by atoms with E-state index in [1.165, 1.54) is 0 Å². The number of hydrogen-bond acceptors (Lipinski definition) is 3. The lowest BCUT2D eigenvalue weighted by molar-refractivity contribution is 0.777. The van der Waals surface area contributed by atoms with E-state index in [4.69, 9.17) is 23.2 Å². The van der Waals surface area contributed by atoms with Crippen molar-refractivity contribution in [3.63, 3.8) is 0 Å². The molecular formula is C14H15Cl2N3. The van der Waals surface area contributed by atoms with Gasteiger partial charge in [-0.15, -0.1) is 0 Å². The van der Waals surface area contributed by atoms with Gasteiger partial charge < -0.3 is 5.32 Å². The van der Waals surface area contributed by atoms with Gasteiger partial charge in [-0.3, -0.25) is 0 Å². The third-order valence-electron chi connectivity index (χ3n) is 2.67. The number of nitrogens with zero attached hydrogens (tertiary/aromatic N) is 2. The molecule has 19 heavy (non-hydrogen) atoms. The molecule has 0 aliphatic rings. The van der Waals surface area contributed by atoms with E-state index in [0.717, 1.165) is 22.9 Å². The number of nitrogens with one attached hydrogen (secondary N) is 1. The van der Waals surface area contributed by atoms with Crippen LogP contribution in [0.5, 0.6) is 0 Å². The van der Waals surface area contributed by atoms with Crippen molar-refractivity contribution >= 4 is 29.0 Å². The highest BCUT2D eigenvalue weighted by atomic mass is 35.5. The lowest BCUT2D eigenvalue weighted by Crippen LogP contribution is -2.03. The zero-order valence-electron chi connectivity index (χ0n) is 11.0. The van der Waals surface area contributed by atoms with Crippen LogP contribution in [0.1, 0.15) is 25.6 Å². The highest BCUT2D eigenvalue weighted by Gasteiger charge is 2.10. The van der Waals surface area contributed by atoms with Gasteiger partial charge in [-0.1, -0.05) is 37.0 Å². The minimum absolute atomic E-state index is 0.252. The van der Waals surface area contributed by atoms with Crippen molar-refractivity contribution < 1.29 is 0 Å². The van der Waals surface area contributed by atoms with E-state index in [9.17, 15) is 0 Å². The first-order valence-electron chi connectivity index (χ1n) is 6.03. The lowest BCUT2D eigenvalue weighted by Gasteiger charge is -2.10. The molecular weight excluding hydrogens is 281 g/mol. The van der Waals surface area contributed by atoms with Crippen LogP contribution in [0.2, 0.25) is 10.0 Å². The Morgan fingerprint density at radius 2 is 1.63 bits per heavy atom. The maximum atomic E-state index is 6.03. The van der Waals surface area contributed by atoms with Crippen LogP contribution in [-0.2, 0) is 0 Å². The Labute approximate surface area is 123 Å². The molecule has 0 fully saturated rings. The Hall–Kier alpha value is -1.32. The normalized spacial score (nSPS) is 10.8. The van der Waals surface area contributed by atoms with Gasteiger partial charge >= 0.3 is 0 Å². The third kappa shape index (κ3) is 3.37. The molecule has 1 aromatic heterocycles. The summed E-state index contributed by atoms with van der Waals surface area (Å²) in [6.45, 7) is 4.12. The molecule has 1 aromatic carbocycles. The maximum Gasteiger partial charge on any atom is 0.133 e. The van der Waals surface area contributed by atoms with Crippen LogP contribution < -0.4 is 5.32 Å². The summed E-state index contributed by atoms with van der Waals surface area (Å²) >= 11 is 12.1. The number of benzene rings is 1. The molecule has 0 aliphatic carbocycles. The van der Waals surface area contributed by atoms with Crippen LogP contribution in [0.3, 0.4) is 0 Å². The molecule has 2 aromatic rings. The second kappa shape index (κ2) is 5.76. The molecule has 0 spiro atoms. The van der Waals surface area contributed by atoms with E-state index in [2.05, 4.69) is 29.1 Å². The largest absolute Gasteiger partial charge is 0.373 e. The van der Waals surface area contributed by atoms with Gasteiger partial charge in [0.15, 0.2) is 0 Å². The van der Waals surface area contributed by atoms with Crippen molar-refractivity contribution in [2.45, 2.75) is 19.8 Å². The van der Waals surface area contributed by atoms with Gasteiger partial charge in [0, 0.05) is 34.6 Å². The zero-order chi connectivity index (χ0) is 14.0. The molecule has 0 atom stereocenters. The van der Waals surface area contributed by atoms with Gasteiger partial charge in [-0.05, 0) is 18.2 Å². The third-order valence-corrected chi connectivity index (χ3v) is 3.11. The van der Waals surface area contributed by atoms with Crippen molar-refractivity contribution in [2.75, 3.05) is 12.4 Å². The fourth-order valence-electron chi connectivity index (χ4n) is 1.70. The second-order valence-corrected chi connectivity index (χ2v) is 5.43. The van der Waals surface area contributed by atoms with E-state index in [1.54, 1.807) is 6.07 Å². The molecule has 100 valence electrons. The average Bonchev–Trinajstić information content (AvgIpc) is 2.37. The number of aromatic nitrogens is 2. The van der Waals surface area contributed by atoms with E-state index >= 15 is 0 Å². The molecule has 1 heterocycles. The zero-order valence-corrected chi connectivity index (χ0v) is 12.5. The fourth-order valence-corrected chi connectivity index (χ4v) is 2.23. The van der Waals surface area contributed by atoms with E-state index in [1.807, 2.05) is 25.2 Å². The molecule has 5 heteroatoms. The first kappa shape index (κ1) is 14.1. The second-order valence-electron chi connectivity index (χ2n) is 4.56. The highest BCUT2D eigenvalue weighted by Crippen LogP contribution is 2.28. The molecule has 0 bridgehead atoms. The van der Waals surface area contributed by atoms with Crippen LogP contribution in [0.4, 0.5) is 5.82 Å². The molecule has 0 aliphatic heterocycles. The van der Waals surface area contributed by atoms with Crippen LogP contribution in [0.25, 0.3) is 11.3 Å². The molecule has 0 radical (unpaired) electrons. The van der Waals surface area contributed by atoms with Gasteiger partial charge in [0.25, 0.3) is 0 Å². The van der Waals surface area contributed by atoms with Crippen LogP contribution in [-0.4, -0.2) is 17.0 Å². The number of rotatable bonds is 3. The molecule has 0 amide bonds. The molecule has 0 saturated heterocycles. The van der Waals surface area contributed by atoms with E-state index in [-0.39, 0.29) is 5.92 Å². The summed E-state index contributed by atoms with van der Waals surface area (Å²) in [5.41, 5.74) is 1.70. The summed E-state index contributed by atoms with van der Waals surface area (Å²) in [7, 11) is 1.83. The van der Waals surface area contributed by atoms with E-state index in [0.29, 0.717) is 10.0 Å². The Balaban J connectivity index is 2.57. The minimum Gasteiger partial charge on any atom is -0.373 e. The van der Waals surface area contributed by atoms with Crippen molar-refractivity contribution in [2.24, 2.45) is 0 Å². The van der Waals surface area contributed by atoms with Crippen molar-refractivity contribution in [1.29, 1.82) is 0 Å². The smallest absolute Gasteiger partial charge is 0.133 e. The van der Waals surface area contributed by atoms with Crippen LogP contribution >= 0.6 is 23.2 Å². The Bertz CT molecular complexity index is 577.